The molecule has 1 aromatic carbocycles. The van der Waals surface area contributed by atoms with Gasteiger partial charge in [0.2, 0.25) is 5.95 Å². The number of nitrogens with two attached hydrogens (primary N) is 1. The molecule has 0 aliphatic heterocycles. The molecule has 2 aromatic heterocycles. The summed E-state index contributed by atoms with van der Waals surface area (Å²) in [5.41, 5.74) is 8.03. The highest BCUT2D eigenvalue weighted by Crippen LogP contribution is 2.23. The van der Waals surface area contributed by atoms with Crippen molar-refractivity contribution < 1.29 is 9.90 Å². The number of aromatic nitrogens is 4. The molecule has 142 valence electrons. The number of anilines is 2. The second-order valence-electron chi connectivity index (χ2n) is 6.39. The molecule has 0 spiro atoms. The van der Waals surface area contributed by atoms with Crippen molar-refractivity contribution >= 4 is 28.9 Å². The van der Waals surface area contributed by atoms with Gasteiger partial charge in [0, 0.05) is 25.7 Å². The minimum Gasteiger partial charge on any atom is -0.478 e. The predicted molar refractivity (Wildman–Crippen MR) is 104 cm³/mol. The minimum absolute atomic E-state index is 0.201. The summed E-state index contributed by atoms with van der Waals surface area (Å²) in [4.78, 5) is 24.6. The number of benzene rings is 1. The van der Waals surface area contributed by atoms with Gasteiger partial charge in [-0.15, -0.1) is 0 Å². The summed E-state index contributed by atoms with van der Waals surface area (Å²) in [6, 6.07) is 6.98. The fourth-order valence-corrected chi connectivity index (χ4v) is 2.68. The molecule has 9 nitrogen and oxygen atoms in total. The van der Waals surface area contributed by atoms with Crippen LogP contribution in [-0.2, 0) is 6.54 Å². The molecule has 0 bridgehead atoms. The summed E-state index contributed by atoms with van der Waals surface area (Å²) in [6.07, 6.45) is 1.74. The molecule has 5 N–H and O–H groups in total. The summed E-state index contributed by atoms with van der Waals surface area (Å²) in [7, 11) is 0. The number of hydrogen-bond acceptors (Lipinski definition) is 7. The van der Waals surface area contributed by atoms with Crippen LogP contribution in [0.5, 0.6) is 0 Å². The molecule has 0 radical (unpaired) electrons. The fourth-order valence-electron chi connectivity index (χ4n) is 2.68. The van der Waals surface area contributed by atoms with Crippen molar-refractivity contribution in [1.29, 1.82) is 0 Å². The Kier molecular flexibility index (Phi) is 5.51. The summed E-state index contributed by atoms with van der Waals surface area (Å²) in [5.74, 6) is 0.0991. The molecule has 0 fully saturated rings. The first-order chi connectivity index (χ1) is 13.0. The largest absolute Gasteiger partial charge is 0.478 e. The molecule has 3 rings (SSSR count). The first-order valence-electron chi connectivity index (χ1n) is 8.74. The van der Waals surface area contributed by atoms with Crippen LogP contribution < -0.4 is 16.4 Å². The third kappa shape index (κ3) is 4.14. The molecule has 0 aliphatic rings. The van der Waals surface area contributed by atoms with Gasteiger partial charge in [-0.25, -0.2) is 9.78 Å². The SMILES string of the molecule is CC(C)n1cnc2c(NCc3cccc(C(=O)O)c3)nc(NCCN)nc21. The number of nitrogens with zero attached hydrogens (tertiary/aromatic N) is 4. The zero-order chi connectivity index (χ0) is 19.4. The molecule has 0 aliphatic carbocycles. The van der Waals surface area contributed by atoms with Crippen molar-refractivity contribution in [3.8, 4) is 0 Å². The van der Waals surface area contributed by atoms with E-state index in [-0.39, 0.29) is 11.6 Å². The highest BCUT2D eigenvalue weighted by molar-refractivity contribution is 5.88. The van der Waals surface area contributed by atoms with Crippen molar-refractivity contribution in [2.75, 3.05) is 23.7 Å². The first-order valence-corrected chi connectivity index (χ1v) is 8.74. The van der Waals surface area contributed by atoms with E-state index in [1.54, 1.807) is 24.5 Å². The highest BCUT2D eigenvalue weighted by Gasteiger charge is 2.15. The Morgan fingerprint density at radius 1 is 1.30 bits per heavy atom. The van der Waals surface area contributed by atoms with Crippen molar-refractivity contribution in [1.82, 2.24) is 19.5 Å². The Morgan fingerprint density at radius 2 is 2.11 bits per heavy atom. The molecule has 2 heterocycles. The van der Waals surface area contributed by atoms with Crippen molar-refractivity contribution in [2.45, 2.75) is 26.4 Å². The lowest BCUT2D eigenvalue weighted by Crippen LogP contribution is -2.16. The maximum Gasteiger partial charge on any atom is 0.335 e. The maximum absolute atomic E-state index is 11.1. The van der Waals surface area contributed by atoms with Crippen molar-refractivity contribution in [3.05, 3.63) is 41.7 Å². The molecular weight excluding hydrogens is 346 g/mol. The van der Waals surface area contributed by atoms with E-state index in [9.17, 15) is 4.79 Å². The Morgan fingerprint density at radius 3 is 2.81 bits per heavy atom. The molecule has 0 unspecified atom stereocenters. The number of carboxylic acids is 1. The Balaban J connectivity index is 1.92. The van der Waals surface area contributed by atoms with Gasteiger partial charge in [0.1, 0.15) is 0 Å². The number of rotatable bonds is 8. The van der Waals surface area contributed by atoms with Gasteiger partial charge in [0.15, 0.2) is 17.0 Å². The molecule has 9 heteroatoms. The number of fused-ring (bicyclic) bond motifs is 1. The third-order valence-corrected chi connectivity index (χ3v) is 4.04. The summed E-state index contributed by atoms with van der Waals surface area (Å²) in [6.45, 7) is 5.55. The molecule has 0 saturated heterocycles. The number of carbonyl (C=O) groups is 1. The van der Waals surface area contributed by atoms with Crippen LogP contribution in [0.3, 0.4) is 0 Å². The lowest BCUT2D eigenvalue weighted by molar-refractivity contribution is 0.0696. The third-order valence-electron chi connectivity index (χ3n) is 4.04. The van der Waals surface area contributed by atoms with E-state index in [0.29, 0.717) is 36.9 Å². The predicted octanol–water partition coefficient (Wildman–Crippen LogP) is 2.09. The van der Waals surface area contributed by atoms with Crippen LogP contribution in [0.15, 0.2) is 30.6 Å². The number of imidazole rings is 1. The Hall–Kier alpha value is -3.20. The zero-order valence-corrected chi connectivity index (χ0v) is 15.3. The van der Waals surface area contributed by atoms with Crippen molar-refractivity contribution in [2.24, 2.45) is 5.73 Å². The fraction of sp³-hybridized carbons (Fsp3) is 0.333. The van der Waals surface area contributed by atoms with Gasteiger partial charge in [-0.2, -0.15) is 9.97 Å². The van der Waals surface area contributed by atoms with Crippen LogP contribution >= 0.6 is 0 Å². The highest BCUT2D eigenvalue weighted by atomic mass is 16.4. The summed E-state index contributed by atoms with van der Waals surface area (Å²) in [5, 5.41) is 15.5. The molecule has 0 amide bonds. The van der Waals surface area contributed by atoms with Crippen LogP contribution in [0, 0.1) is 0 Å². The van der Waals surface area contributed by atoms with Gasteiger partial charge in [0.05, 0.1) is 11.9 Å². The molecule has 27 heavy (non-hydrogen) atoms. The van der Waals surface area contributed by atoms with E-state index < -0.39 is 5.97 Å². The van der Waals surface area contributed by atoms with Gasteiger partial charge < -0.3 is 26.0 Å². The second-order valence-corrected chi connectivity index (χ2v) is 6.39. The Labute approximate surface area is 156 Å². The van der Waals surface area contributed by atoms with Gasteiger partial charge in [-0.1, -0.05) is 12.1 Å². The lowest BCUT2D eigenvalue weighted by Gasteiger charge is -2.12. The van der Waals surface area contributed by atoms with Crippen LogP contribution in [-0.4, -0.2) is 43.7 Å². The van der Waals surface area contributed by atoms with Gasteiger partial charge in [-0.3, -0.25) is 0 Å². The standard InChI is InChI=1S/C18H23N7O2/c1-11(2)25-10-22-14-15(23-18(20-7-6-19)24-16(14)25)21-9-12-4-3-5-13(8-12)17(26)27/h3-5,8,10-11H,6-7,9,19H2,1-2H3,(H,26,27)(H2,20,21,23,24). The van der Waals surface area contributed by atoms with E-state index in [2.05, 4.69) is 39.4 Å². The first kappa shape index (κ1) is 18.6. The van der Waals surface area contributed by atoms with E-state index in [1.165, 1.54) is 0 Å². The van der Waals surface area contributed by atoms with E-state index in [4.69, 9.17) is 10.8 Å². The molecule has 3 aromatic rings. The van der Waals surface area contributed by atoms with E-state index >= 15 is 0 Å². The average Bonchev–Trinajstić information content (AvgIpc) is 3.09. The van der Waals surface area contributed by atoms with Crippen LogP contribution in [0.1, 0.15) is 35.8 Å². The van der Waals surface area contributed by atoms with Crippen LogP contribution in [0.25, 0.3) is 11.2 Å². The molecule has 0 atom stereocenters. The number of nitrogens with one attached hydrogen (secondary N) is 2. The van der Waals surface area contributed by atoms with Gasteiger partial charge >= 0.3 is 5.97 Å². The van der Waals surface area contributed by atoms with Crippen molar-refractivity contribution in [3.63, 3.8) is 0 Å². The van der Waals surface area contributed by atoms with Gasteiger partial charge in [0.25, 0.3) is 0 Å². The number of carboxylic acid groups (broad SMARTS) is 1. The van der Waals surface area contributed by atoms with Crippen LogP contribution in [0.2, 0.25) is 0 Å². The number of aromatic carboxylic acids is 1. The maximum atomic E-state index is 11.1. The lowest BCUT2D eigenvalue weighted by atomic mass is 10.1. The quantitative estimate of drug-likeness (QED) is 0.475. The average molecular weight is 369 g/mol. The molecular formula is C18H23N7O2. The summed E-state index contributed by atoms with van der Waals surface area (Å²) < 4.78 is 1.97. The number of hydrogen-bond donors (Lipinski definition) is 4. The minimum atomic E-state index is -0.953. The zero-order valence-electron chi connectivity index (χ0n) is 15.3. The molecule has 0 saturated carbocycles. The van der Waals surface area contributed by atoms with Gasteiger partial charge in [-0.05, 0) is 31.5 Å². The van der Waals surface area contributed by atoms with Crippen LogP contribution in [0.4, 0.5) is 11.8 Å². The topological polar surface area (TPSA) is 131 Å². The Bertz CT molecular complexity index is 952. The van der Waals surface area contributed by atoms with E-state index in [0.717, 1.165) is 11.2 Å². The smallest absolute Gasteiger partial charge is 0.335 e. The monoisotopic (exact) mass is 369 g/mol. The second kappa shape index (κ2) is 8.00. The summed E-state index contributed by atoms with van der Waals surface area (Å²) >= 11 is 0. The van der Waals surface area contributed by atoms with E-state index in [1.807, 2.05) is 10.6 Å². The normalized spacial score (nSPS) is 11.1.